The van der Waals surface area contributed by atoms with Crippen molar-refractivity contribution in [3.63, 3.8) is 0 Å². The topological polar surface area (TPSA) is 171 Å². The zero-order valence-corrected chi connectivity index (χ0v) is 38.6. The van der Waals surface area contributed by atoms with Crippen LogP contribution in [-0.4, -0.2) is 65.9 Å². The number of halogens is 8. The van der Waals surface area contributed by atoms with Gasteiger partial charge in [0.05, 0.1) is 80.3 Å². The number of carbonyl (C=O) groups is 2. The number of pyridine rings is 2. The van der Waals surface area contributed by atoms with Crippen LogP contribution in [0.5, 0.6) is 23.0 Å². The Morgan fingerprint density at radius 3 is 1.67 bits per heavy atom. The van der Waals surface area contributed by atoms with Gasteiger partial charge >= 0.3 is 12.4 Å². The van der Waals surface area contributed by atoms with E-state index in [0.717, 1.165) is 46.2 Å². The normalized spacial score (nSPS) is 12.1. The SMILES string of the molecule is COc1ccc(CN=C(C)c2ncc(C(=O)Nc3cc(C(F)(F)F)c(Cl)cn3)s2)c(OC)c1.COc1ccc(CNC(C)c2ncc(C(=O)Nc3cc(C(F)(F)F)c(Cl)cn3)s2)c(OC)c1. The molecule has 3 N–H and O–H groups in total. The number of thiazole rings is 2. The van der Waals surface area contributed by atoms with Crippen LogP contribution in [0.3, 0.4) is 0 Å². The average molecular weight is 1000 g/mol. The number of ether oxygens (including phenoxy) is 4. The predicted octanol–water partition coefficient (Wildman–Crippen LogP) is 10.8. The van der Waals surface area contributed by atoms with Gasteiger partial charge < -0.3 is 34.9 Å². The van der Waals surface area contributed by atoms with Gasteiger partial charge in [0.2, 0.25) is 0 Å². The van der Waals surface area contributed by atoms with Crippen LogP contribution in [0.15, 0.2) is 78.3 Å². The lowest BCUT2D eigenvalue weighted by atomic mass is 10.2. The summed E-state index contributed by atoms with van der Waals surface area (Å²) < 4.78 is 99.1. The zero-order valence-electron chi connectivity index (χ0n) is 35.4. The van der Waals surface area contributed by atoms with E-state index in [1.54, 1.807) is 53.6 Å². The quantitative estimate of drug-likeness (QED) is 0.0661. The third-order valence-corrected chi connectivity index (χ3v) is 11.9. The van der Waals surface area contributed by atoms with E-state index in [2.05, 4.69) is 40.9 Å². The van der Waals surface area contributed by atoms with E-state index in [1.165, 1.54) is 12.4 Å². The number of alkyl halides is 6. The average Bonchev–Trinajstić information content (AvgIpc) is 4.00. The number of methoxy groups -OCH3 is 4. The molecule has 24 heteroatoms. The van der Waals surface area contributed by atoms with Crippen LogP contribution in [0.1, 0.15) is 71.5 Å². The van der Waals surface area contributed by atoms with Crippen LogP contribution in [0.4, 0.5) is 38.0 Å². The van der Waals surface area contributed by atoms with Gasteiger partial charge in [0.25, 0.3) is 11.8 Å². The molecule has 0 aliphatic carbocycles. The molecule has 1 unspecified atom stereocenters. The first-order valence-corrected chi connectivity index (χ1v) is 21.3. The molecule has 0 spiro atoms. The first-order valence-electron chi connectivity index (χ1n) is 18.9. The minimum absolute atomic E-state index is 0.187. The predicted molar refractivity (Wildman–Crippen MR) is 239 cm³/mol. The Balaban J connectivity index is 0.000000247. The fourth-order valence-corrected chi connectivity index (χ4v) is 7.58. The van der Waals surface area contributed by atoms with Gasteiger partial charge in [0.1, 0.15) is 54.4 Å². The van der Waals surface area contributed by atoms with E-state index < -0.39 is 45.3 Å². The Kier molecular flexibility index (Phi) is 17.3. The first-order chi connectivity index (χ1) is 31.2. The van der Waals surface area contributed by atoms with E-state index in [0.29, 0.717) is 63.9 Å². The Morgan fingerprint density at radius 2 is 1.17 bits per heavy atom. The number of benzene rings is 2. The number of nitrogens with zero attached hydrogens (tertiary/aromatic N) is 5. The zero-order chi connectivity index (χ0) is 48.3. The van der Waals surface area contributed by atoms with Gasteiger partial charge in [-0.25, -0.2) is 19.9 Å². The van der Waals surface area contributed by atoms with Gasteiger partial charge in [-0.1, -0.05) is 29.3 Å². The summed E-state index contributed by atoms with van der Waals surface area (Å²) in [6.45, 7) is 4.42. The second-order valence-electron chi connectivity index (χ2n) is 13.5. The molecule has 2 aromatic carbocycles. The van der Waals surface area contributed by atoms with Gasteiger partial charge in [0.15, 0.2) is 0 Å². The lowest BCUT2D eigenvalue weighted by molar-refractivity contribution is -0.138. The molecule has 0 saturated carbocycles. The van der Waals surface area contributed by atoms with E-state index in [1.807, 2.05) is 25.1 Å². The van der Waals surface area contributed by atoms with Gasteiger partial charge in [-0.05, 0) is 44.2 Å². The van der Waals surface area contributed by atoms with E-state index in [-0.39, 0.29) is 27.4 Å². The number of aromatic nitrogens is 4. The lowest BCUT2D eigenvalue weighted by Gasteiger charge is -2.14. The highest BCUT2D eigenvalue weighted by Gasteiger charge is 2.35. The van der Waals surface area contributed by atoms with E-state index in [4.69, 9.17) is 42.1 Å². The van der Waals surface area contributed by atoms with Crippen molar-refractivity contribution in [2.24, 2.45) is 4.99 Å². The number of amides is 2. The van der Waals surface area contributed by atoms with Crippen molar-refractivity contribution in [3.8, 4) is 23.0 Å². The Hall–Kier alpha value is -6.07. The number of hydrogen-bond donors (Lipinski definition) is 3. The molecular weight excluding hydrogens is 962 g/mol. The maximum absolute atomic E-state index is 13.0. The van der Waals surface area contributed by atoms with Crippen molar-refractivity contribution >= 4 is 75.0 Å². The van der Waals surface area contributed by atoms with Crippen molar-refractivity contribution in [2.45, 2.75) is 45.3 Å². The third kappa shape index (κ3) is 13.5. The summed E-state index contributed by atoms with van der Waals surface area (Å²) in [7, 11) is 6.25. The molecule has 66 heavy (non-hydrogen) atoms. The first kappa shape index (κ1) is 50.9. The second kappa shape index (κ2) is 22.4. The molecule has 0 aliphatic heterocycles. The molecule has 0 saturated heterocycles. The Bertz CT molecular complexity index is 2700. The number of carbonyl (C=O) groups excluding carboxylic acids is 2. The summed E-state index contributed by atoms with van der Waals surface area (Å²) in [6.07, 6.45) is -4.97. The lowest BCUT2D eigenvalue weighted by Crippen LogP contribution is -2.18. The number of rotatable bonds is 15. The van der Waals surface area contributed by atoms with Crippen molar-refractivity contribution in [1.29, 1.82) is 0 Å². The van der Waals surface area contributed by atoms with Crippen molar-refractivity contribution < 1.29 is 54.9 Å². The maximum Gasteiger partial charge on any atom is 0.418 e. The molecule has 6 aromatic rings. The Morgan fingerprint density at radius 1 is 0.682 bits per heavy atom. The van der Waals surface area contributed by atoms with Crippen LogP contribution in [-0.2, 0) is 25.4 Å². The molecule has 4 heterocycles. The highest BCUT2D eigenvalue weighted by atomic mass is 35.5. The number of hydrogen-bond acceptors (Lipinski definition) is 14. The third-order valence-electron chi connectivity index (χ3n) is 9.04. The molecular formula is C42H38Cl2F6N8O6S2. The Labute approximate surface area is 391 Å². The molecule has 1 atom stereocenters. The fraction of sp³-hybridized carbons (Fsp3) is 0.262. The number of anilines is 2. The molecule has 6 rings (SSSR count). The minimum Gasteiger partial charge on any atom is -0.497 e. The molecule has 0 bridgehead atoms. The summed E-state index contributed by atoms with van der Waals surface area (Å²) in [5, 5.41) is 8.00. The summed E-state index contributed by atoms with van der Waals surface area (Å²) in [6, 6.07) is 12.0. The highest BCUT2D eigenvalue weighted by molar-refractivity contribution is 7.15. The summed E-state index contributed by atoms with van der Waals surface area (Å²) >= 11 is 13.3. The van der Waals surface area contributed by atoms with E-state index in [9.17, 15) is 35.9 Å². The van der Waals surface area contributed by atoms with Crippen LogP contribution >= 0.6 is 45.9 Å². The van der Waals surface area contributed by atoms with Crippen LogP contribution in [0, 0.1) is 0 Å². The molecule has 14 nitrogen and oxygen atoms in total. The van der Waals surface area contributed by atoms with Crippen molar-refractivity contribution in [3.05, 3.63) is 125 Å². The van der Waals surface area contributed by atoms with Crippen LogP contribution < -0.4 is 34.9 Å². The monoisotopic (exact) mass is 998 g/mol. The van der Waals surface area contributed by atoms with Crippen LogP contribution in [0.2, 0.25) is 10.0 Å². The van der Waals surface area contributed by atoms with Crippen LogP contribution in [0.25, 0.3) is 0 Å². The molecule has 0 aliphatic rings. The van der Waals surface area contributed by atoms with Gasteiger partial charge in [-0.2, -0.15) is 26.3 Å². The van der Waals surface area contributed by atoms with Crippen molar-refractivity contribution in [2.75, 3.05) is 39.1 Å². The standard InChI is InChI=1S/C21H20ClF3N4O3S.C21H18ClF3N4O3S/c2*1-11(26-8-12-4-5-13(31-2)6-16(12)32-3)20-28-10-17(33-20)19(30)29-18-7-14(21(23,24)25)15(22)9-27-18/h4-7,9-11,26H,8H2,1-3H3,(H,27,29,30);4-7,9-10H,8H2,1-3H3,(H,27,29,30). The molecule has 4 aromatic heterocycles. The summed E-state index contributed by atoms with van der Waals surface area (Å²) in [5.74, 6) is 0.826. The second-order valence-corrected chi connectivity index (χ2v) is 16.4. The van der Waals surface area contributed by atoms with Gasteiger partial charge in [-0.15, -0.1) is 22.7 Å². The molecule has 0 fully saturated rings. The number of aliphatic imine (C=N–C) groups is 1. The maximum atomic E-state index is 13.0. The summed E-state index contributed by atoms with van der Waals surface area (Å²) in [5.41, 5.74) is 0.166. The van der Waals surface area contributed by atoms with E-state index >= 15 is 0 Å². The molecule has 0 radical (unpaired) electrons. The van der Waals surface area contributed by atoms with Gasteiger partial charge in [0, 0.05) is 42.2 Å². The summed E-state index contributed by atoms with van der Waals surface area (Å²) in [4.78, 5) is 45.7. The van der Waals surface area contributed by atoms with Crippen molar-refractivity contribution in [1.82, 2.24) is 25.3 Å². The number of nitrogens with one attached hydrogen (secondary N) is 3. The largest absolute Gasteiger partial charge is 0.497 e. The van der Waals surface area contributed by atoms with Gasteiger partial charge in [-0.3, -0.25) is 14.6 Å². The highest BCUT2D eigenvalue weighted by Crippen LogP contribution is 2.37. The minimum atomic E-state index is -4.67. The smallest absolute Gasteiger partial charge is 0.418 e. The fourth-order valence-electron chi connectivity index (χ4n) is 5.55. The molecule has 350 valence electrons. The molecule has 2 amide bonds.